The molecule has 10 nitrogen and oxygen atoms in total. The van der Waals surface area contributed by atoms with Gasteiger partial charge in [-0.25, -0.2) is 0 Å². The van der Waals surface area contributed by atoms with Gasteiger partial charge in [-0.1, -0.05) is 0 Å². The van der Waals surface area contributed by atoms with E-state index in [1.807, 2.05) is 43.4 Å². The Bertz CT molecular complexity index is 2150. The molecule has 12 heteroatoms. The van der Waals surface area contributed by atoms with Crippen LogP contribution in [0.5, 0.6) is 0 Å². The maximum absolute atomic E-state index is 11.7. The van der Waals surface area contributed by atoms with Gasteiger partial charge in [0.05, 0.1) is 0 Å². The van der Waals surface area contributed by atoms with Crippen LogP contribution in [-0.4, -0.2) is 66.7 Å². The lowest BCUT2D eigenvalue weighted by atomic mass is 10.0. The van der Waals surface area contributed by atoms with Crippen molar-refractivity contribution in [2.75, 3.05) is 24.6 Å². The molecular weight excluding hydrogens is 669 g/mol. The number of fused-ring (bicyclic) bond motifs is 8. The number of carboxylic acids is 2. The summed E-state index contributed by atoms with van der Waals surface area (Å²) in [5, 5.41) is 23.3. The number of aromatic nitrogens is 4. The van der Waals surface area contributed by atoms with Gasteiger partial charge in [0.1, 0.15) is 0 Å². The number of nitrogens with two attached hydrogens (primary N) is 2. The first-order valence-electron chi connectivity index (χ1n) is 17.2. The molecule has 2 atom stereocenters. The van der Waals surface area contributed by atoms with Crippen LogP contribution in [-0.2, 0) is 22.4 Å². The second-order valence-corrected chi connectivity index (χ2v) is 16.0. The van der Waals surface area contributed by atoms with Crippen molar-refractivity contribution < 1.29 is 19.8 Å². The minimum absolute atomic E-state index is 0.00822. The Labute approximate surface area is 301 Å². The van der Waals surface area contributed by atoms with Gasteiger partial charge in [0.15, 0.2) is 0 Å². The topological polar surface area (TPSA) is 190 Å². The van der Waals surface area contributed by atoms with Gasteiger partial charge < -0.3 is 41.6 Å². The molecule has 0 amide bonds. The highest BCUT2D eigenvalue weighted by Crippen LogP contribution is 2.35. The molecule has 0 aromatic carbocycles. The third-order valence-corrected chi connectivity index (χ3v) is 12.2. The molecule has 0 spiro atoms. The summed E-state index contributed by atoms with van der Waals surface area (Å²) < 4.78 is 0. The summed E-state index contributed by atoms with van der Waals surface area (Å²) in [5.41, 5.74) is 24.1. The lowest BCUT2D eigenvalue weighted by Crippen LogP contribution is -2.14. The van der Waals surface area contributed by atoms with E-state index in [1.54, 1.807) is 0 Å². The molecule has 1 aliphatic rings. The summed E-state index contributed by atoms with van der Waals surface area (Å²) in [6.07, 6.45) is 9.17. The van der Waals surface area contributed by atoms with Crippen LogP contribution >= 0.6 is 23.5 Å². The van der Waals surface area contributed by atoms with Crippen molar-refractivity contribution in [1.29, 1.82) is 0 Å². The molecule has 8 bridgehead atoms. The fourth-order valence-electron chi connectivity index (χ4n) is 7.11. The Kier molecular flexibility index (Phi) is 12.0. The zero-order valence-corrected chi connectivity index (χ0v) is 31.4. The molecule has 1 aliphatic heterocycles. The van der Waals surface area contributed by atoms with Crippen LogP contribution in [0, 0.1) is 27.7 Å². The highest BCUT2D eigenvalue weighted by molar-refractivity contribution is 7.99. The SMILES string of the molecule is Cc1c2[nH]c(c1CCC(=O)O)C=c1[nH]c(c(C)c1CCC(=O)O)=Cc1[nH]c(c(C(C)SCCN)c1C)C=c1[nH]c(c(C(C)SCCN)c1C)=C2. The molecule has 0 aliphatic carbocycles. The van der Waals surface area contributed by atoms with E-state index in [2.05, 4.69) is 65.9 Å². The highest BCUT2D eigenvalue weighted by Gasteiger charge is 2.21. The predicted octanol–water partition coefficient (Wildman–Crippen LogP) is 3.40. The van der Waals surface area contributed by atoms with Gasteiger partial charge in [-0.2, -0.15) is 23.5 Å². The zero-order chi connectivity index (χ0) is 36.3. The molecular formula is C38H50N6O4S2. The lowest BCUT2D eigenvalue weighted by Gasteiger charge is -2.12. The van der Waals surface area contributed by atoms with E-state index in [-0.39, 0.29) is 23.3 Å². The van der Waals surface area contributed by atoms with Crippen molar-refractivity contribution >= 4 is 59.8 Å². The van der Waals surface area contributed by atoms with Crippen LogP contribution < -0.4 is 32.9 Å². The number of hydrogen-bond acceptors (Lipinski definition) is 6. The Balaban J connectivity index is 1.91. The summed E-state index contributed by atoms with van der Waals surface area (Å²) in [6, 6.07) is 0. The maximum Gasteiger partial charge on any atom is 0.303 e. The molecule has 0 radical (unpaired) electrons. The minimum Gasteiger partial charge on any atom is -0.481 e. The van der Waals surface area contributed by atoms with Gasteiger partial charge in [-0.05, 0) is 123 Å². The number of aliphatic carboxylic acids is 2. The maximum atomic E-state index is 11.7. The summed E-state index contributed by atoms with van der Waals surface area (Å²) in [4.78, 5) is 38.2. The molecule has 268 valence electrons. The molecule has 5 heterocycles. The number of rotatable bonds is 14. The number of carboxylic acid groups (broad SMARTS) is 2. The Morgan fingerprint density at radius 1 is 0.600 bits per heavy atom. The third kappa shape index (κ3) is 7.88. The van der Waals surface area contributed by atoms with Crippen molar-refractivity contribution in [1.82, 2.24) is 19.9 Å². The Hall–Kier alpha value is -3.84. The largest absolute Gasteiger partial charge is 0.481 e. The number of thioether (sulfide) groups is 2. The van der Waals surface area contributed by atoms with Gasteiger partial charge in [0, 0.05) is 92.1 Å². The quantitative estimate of drug-likeness (QED) is 0.0858. The van der Waals surface area contributed by atoms with Crippen LogP contribution in [0.1, 0.15) is 104 Å². The molecule has 0 saturated carbocycles. The van der Waals surface area contributed by atoms with Crippen LogP contribution in [0.4, 0.5) is 0 Å². The van der Waals surface area contributed by atoms with Crippen LogP contribution in [0.15, 0.2) is 0 Å². The summed E-state index contributed by atoms with van der Waals surface area (Å²) in [6.45, 7) is 14.0. The molecule has 10 N–H and O–H groups in total. The van der Waals surface area contributed by atoms with E-state index in [0.29, 0.717) is 25.9 Å². The van der Waals surface area contributed by atoms with Gasteiger partial charge in [0.25, 0.3) is 0 Å². The minimum atomic E-state index is -0.862. The van der Waals surface area contributed by atoms with E-state index in [4.69, 9.17) is 11.5 Å². The smallest absolute Gasteiger partial charge is 0.303 e. The van der Waals surface area contributed by atoms with Gasteiger partial charge >= 0.3 is 11.9 Å². The molecule has 50 heavy (non-hydrogen) atoms. The van der Waals surface area contributed by atoms with E-state index < -0.39 is 11.9 Å². The molecule has 0 saturated heterocycles. The fraction of sp³-hybridized carbons (Fsp3) is 0.421. The van der Waals surface area contributed by atoms with E-state index in [9.17, 15) is 19.8 Å². The number of H-pyrrole nitrogens is 4. The van der Waals surface area contributed by atoms with Crippen LogP contribution in [0.2, 0.25) is 0 Å². The monoisotopic (exact) mass is 718 g/mol. The second-order valence-electron chi connectivity index (χ2n) is 13.1. The average Bonchev–Trinajstić information content (AvgIpc) is 3.73. The van der Waals surface area contributed by atoms with Crippen LogP contribution in [0.3, 0.4) is 0 Å². The molecule has 4 aromatic heterocycles. The van der Waals surface area contributed by atoms with Crippen molar-refractivity contribution in [2.24, 2.45) is 11.5 Å². The van der Waals surface area contributed by atoms with Gasteiger partial charge in [-0.15, -0.1) is 0 Å². The van der Waals surface area contributed by atoms with E-state index in [1.165, 1.54) is 11.1 Å². The van der Waals surface area contributed by atoms with Crippen molar-refractivity contribution in [2.45, 2.75) is 77.7 Å². The first kappa shape index (κ1) is 37.4. The molecule has 2 unspecified atom stereocenters. The van der Waals surface area contributed by atoms with Crippen molar-refractivity contribution in [3.8, 4) is 0 Å². The van der Waals surface area contributed by atoms with Gasteiger partial charge in [0.2, 0.25) is 0 Å². The average molecular weight is 719 g/mol. The first-order valence-corrected chi connectivity index (χ1v) is 19.3. The summed E-state index contributed by atoms with van der Waals surface area (Å²) in [5.74, 6) is -0.0437. The fourth-order valence-corrected chi connectivity index (χ4v) is 9.03. The van der Waals surface area contributed by atoms with Crippen LogP contribution in [0.25, 0.3) is 24.3 Å². The number of nitrogens with one attached hydrogen (secondary N) is 4. The number of carbonyl (C=O) groups is 2. The standard InChI is InChI=1S/C38H50N6O4S2/c1-19-25(7-9-35(45)46)31-18-32-26(8-10-36(47)48)20(2)28(42-32)16-33-38(24(6)50-14-12-40)22(4)30(44-33)17-34-37(23(5)49-13-11-39)21(3)29(43-34)15-27(19)41-31/h15-18,23-24,41-44H,7-14,39-40H2,1-6H3,(H,45,46)(H,47,48). The third-order valence-electron chi connectivity index (χ3n) is 9.75. The second kappa shape index (κ2) is 16.0. The molecule has 0 fully saturated rings. The first-order chi connectivity index (χ1) is 23.8. The summed E-state index contributed by atoms with van der Waals surface area (Å²) in [7, 11) is 0. The normalized spacial score (nSPS) is 13.6. The number of hydrogen-bond donors (Lipinski definition) is 8. The predicted molar refractivity (Wildman–Crippen MR) is 207 cm³/mol. The zero-order valence-electron chi connectivity index (χ0n) is 29.8. The van der Waals surface area contributed by atoms with E-state index in [0.717, 1.165) is 89.1 Å². The van der Waals surface area contributed by atoms with Gasteiger partial charge in [-0.3, -0.25) is 9.59 Å². The lowest BCUT2D eigenvalue weighted by molar-refractivity contribution is -0.138. The van der Waals surface area contributed by atoms with E-state index >= 15 is 0 Å². The Morgan fingerprint density at radius 3 is 1.70 bits per heavy atom. The molecule has 4 aromatic rings. The van der Waals surface area contributed by atoms with Crippen molar-refractivity contribution in [3.05, 3.63) is 88.7 Å². The molecule has 5 rings (SSSR count). The van der Waals surface area contributed by atoms with Crippen molar-refractivity contribution in [3.63, 3.8) is 0 Å². The highest BCUT2D eigenvalue weighted by atomic mass is 32.2. The number of aromatic amines is 4. The summed E-state index contributed by atoms with van der Waals surface area (Å²) >= 11 is 3.65. The Morgan fingerprint density at radius 2 is 1.08 bits per heavy atom.